The van der Waals surface area contributed by atoms with E-state index in [0.717, 1.165) is 56.4 Å². The first-order valence-electron chi connectivity index (χ1n) is 15.9. The molecule has 13 nitrogen and oxygen atoms in total. The Morgan fingerprint density at radius 2 is 0.765 bits per heavy atom. The third-order valence-electron chi connectivity index (χ3n) is 8.44. The molecule has 0 bridgehead atoms. The van der Waals surface area contributed by atoms with Crippen LogP contribution in [0.15, 0.2) is 103 Å². The van der Waals surface area contributed by atoms with Crippen LogP contribution in [-0.2, 0) is 57.6 Å². The van der Waals surface area contributed by atoms with E-state index in [1.54, 1.807) is 0 Å². The number of aryl methyl sites for hydroxylation is 2. The average molecular weight is 684 g/mol. The highest BCUT2D eigenvalue weighted by Crippen LogP contribution is 2.33. The van der Waals surface area contributed by atoms with Gasteiger partial charge in [-0.25, -0.2) is 19.6 Å². The van der Waals surface area contributed by atoms with Crippen LogP contribution in [0.1, 0.15) is 36.1 Å². The van der Waals surface area contributed by atoms with Gasteiger partial charge in [0.2, 0.25) is 0 Å². The Labute approximate surface area is 291 Å². The highest BCUT2D eigenvalue weighted by Gasteiger charge is 2.34. The number of rotatable bonds is 8. The molecule has 254 valence electrons. The molecule has 5 heterocycles. The van der Waals surface area contributed by atoms with E-state index in [9.17, 15) is 38.4 Å². The third-order valence-corrected chi connectivity index (χ3v) is 8.44. The van der Waals surface area contributed by atoms with Gasteiger partial charge in [0.1, 0.15) is 0 Å². The van der Waals surface area contributed by atoms with Crippen LogP contribution in [0.25, 0.3) is 0 Å². The summed E-state index contributed by atoms with van der Waals surface area (Å²) in [5.74, 6) is -3.45. The summed E-state index contributed by atoms with van der Waals surface area (Å²) in [6.07, 6.45) is 14.3. The summed E-state index contributed by atoms with van der Waals surface area (Å²) < 4.78 is 0. The maximum absolute atomic E-state index is 12.0. The lowest BCUT2D eigenvalue weighted by molar-refractivity contribution is -0.122. The Kier molecular flexibility index (Phi) is 9.28. The topological polar surface area (TPSA) is 162 Å². The van der Waals surface area contributed by atoms with E-state index in [1.165, 1.54) is 52.6 Å². The maximum atomic E-state index is 12.0. The number of hydrogen-bond acceptors (Lipinski definition) is 9. The highest BCUT2D eigenvalue weighted by atomic mass is 16.2. The number of carbonyl (C=O) groups is 8. The predicted molar refractivity (Wildman–Crippen MR) is 185 cm³/mol. The predicted octanol–water partition coefficient (Wildman–Crippen LogP) is 3.20. The van der Waals surface area contributed by atoms with Gasteiger partial charge in [-0.2, -0.15) is 0 Å². The van der Waals surface area contributed by atoms with Gasteiger partial charge >= 0.3 is 0 Å². The molecule has 2 aromatic carbocycles. The fourth-order valence-corrected chi connectivity index (χ4v) is 6.03. The van der Waals surface area contributed by atoms with Crippen LogP contribution < -0.4 is 19.6 Å². The molecular formula is C38H29N5O8. The second kappa shape index (κ2) is 13.9. The quantitative estimate of drug-likeness (QED) is 0.325. The number of amides is 8. The Bertz CT molecular complexity index is 1970. The fourth-order valence-electron chi connectivity index (χ4n) is 6.03. The number of nitrogens with zero attached hydrogens (tertiary/aromatic N) is 5. The molecule has 0 unspecified atom stereocenters. The SMILES string of the molecule is CCc1cc(Cc2ccc(N3C(=O)C=CC3=O)c(CC)c2)ccc1N1C(=O)C=CC1=O.O=C1C=CC(=O)N1c1ccncc1N1C(=O)C=CC1=O. The first-order chi connectivity index (χ1) is 24.5. The summed E-state index contributed by atoms with van der Waals surface area (Å²) in [4.78, 5) is 103. The zero-order chi connectivity index (χ0) is 36.4. The largest absolute Gasteiger partial charge is 0.269 e. The Morgan fingerprint density at radius 1 is 0.431 bits per heavy atom. The maximum Gasteiger partial charge on any atom is 0.258 e. The van der Waals surface area contributed by atoms with Crippen LogP contribution in [-0.4, -0.2) is 52.2 Å². The van der Waals surface area contributed by atoms with Crippen molar-refractivity contribution in [2.75, 3.05) is 19.6 Å². The van der Waals surface area contributed by atoms with E-state index in [0.29, 0.717) is 30.6 Å². The van der Waals surface area contributed by atoms with E-state index in [-0.39, 0.29) is 35.0 Å². The van der Waals surface area contributed by atoms with Crippen molar-refractivity contribution in [3.05, 3.63) is 126 Å². The van der Waals surface area contributed by atoms with Crippen LogP contribution in [0.2, 0.25) is 0 Å². The molecule has 0 N–H and O–H groups in total. The Morgan fingerprint density at radius 3 is 1.12 bits per heavy atom. The van der Waals surface area contributed by atoms with Gasteiger partial charge in [0.15, 0.2) is 0 Å². The van der Waals surface area contributed by atoms with Gasteiger partial charge in [0, 0.05) is 54.8 Å². The molecule has 0 aliphatic carbocycles. The molecule has 51 heavy (non-hydrogen) atoms. The summed E-state index contributed by atoms with van der Waals surface area (Å²) in [5, 5.41) is 0. The van der Waals surface area contributed by atoms with Crippen LogP contribution in [0.5, 0.6) is 0 Å². The molecule has 0 atom stereocenters. The molecule has 0 saturated carbocycles. The molecule has 8 amide bonds. The van der Waals surface area contributed by atoms with Crippen molar-refractivity contribution in [2.24, 2.45) is 0 Å². The molecule has 4 aliphatic rings. The first-order valence-corrected chi connectivity index (χ1v) is 15.9. The average Bonchev–Trinajstić information content (AvgIpc) is 3.86. The van der Waals surface area contributed by atoms with E-state index >= 15 is 0 Å². The summed E-state index contributed by atoms with van der Waals surface area (Å²) >= 11 is 0. The fraction of sp³-hybridized carbons (Fsp3) is 0.132. The molecular weight excluding hydrogens is 654 g/mol. The third kappa shape index (κ3) is 6.47. The molecule has 0 fully saturated rings. The van der Waals surface area contributed by atoms with Crippen LogP contribution >= 0.6 is 0 Å². The smallest absolute Gasteiger partial charge is 0.258 e. The zero-order valence-electron chi connectivity index (χ0n) is 27.4. The van der Waals surface area contributed by atoms with Gasteiger partial charge in [-0.1, -0.05) is 38.1 Å². The van der Waals surface area contributed by atoms with Crippen molar-refractivity contribution in [1.82, 2.24) is 4.98 Å². The van der Waals surface area contributed by atoms with Gasteiger partial charge in [-0.15, -0.1) is 0 Å². The van der Waals surface area contributed by atoms with Gasteiger partial charge < -0.3 is 0 Å². The van der Waals surface area contributed by atoms with E-state index < -0.39 is 23.6 Å². The Hall–Kier alpha value is -6.89. The Balaban J connectivity index is 0.000000193. The van der Waals surface area contributed by atoms with E-state index in [2.05, 4.69) is 4.98 Å². The highest BCUT2D eigenvalue weighted by molar-refractivity contribution is 6.33. The molecule has 1 aromatic heterocycles. The van der Waals surface area contributed by atoms with Gasteiger partial charge in [0.05, 0.1) is 28.9 Å². The van der Waals surface area contributed by atoms with Crippen LogP contribution in [0.3, 0.4) is 0 Å². The summed E-state index contributed by atoms with van der Waals surface area (Å²) in [5.41, 5.74) is 5.44. The normalized spacial score (nSPS) is 16.5. The summed E-state index contributed by atoms with van der Waals surface area (Å²) in [6.45, 7) is 3.98. The molecule has 7 rings (SSSR count). The van der Waals surface area contributed by atoms with Gasteiger partial charge in [0.25, 0.3) is 47.3 Å². The number of pyridine rings is 1. The lowest BCUT2D eigenvalue weighted by Gasteiger charge is -2.22. The summed E-state index contributed by atoms with van der Waals surface area (Å²) in [6, 6.07) is 12.9. The lowest BCUT2D eigenvalue weighted by atomic mass is 9.97. The molecule has 4 aliphatic heterocycles. The number of imide groups is 4. The van der Waals surface area contributed by atoms with Crippen molar-refractivity contribution in [3.8, 4) is 0 Å². The van der Waals surface area contributed by atoms with Crippen molar-refractivity contribution in [3.63, 3.8) is 0 Å². The van der Waals surface area contributed by atoms with Crippen molar-refractivity contribution >= 4 is 70.0 Å². The van der Waals surface area contributed by atoms with E-state index in [1.807, 2.05) is 50.2 Å². The van der Waals surface area contributed by atoms with Crippen molar-refractivity contribution in [2.45, 2.75) is 33.1 Å². The number of carbonyl (C=O) groups excluding carboxylic acids is 8. The van der Waals surface area contributed by atoms with Gasteiger partial charge in [-0.05, 0) is 59.7 Å². The monoisotopic (exact) mass is 683 g/mol. The van der Waals surface area contributed by atoms with Crippen molar-refractivity contribution in [1.29, 1.82) is 0 Å². The van der Waals surface area contributed by atoms with Crippen molar-refractivity contribution < 1.29 is 38.4 Å². The minimum atomic E-state index is -0.545. The first kappa shape index (κ1) is 34.0. The molecule has 0 spiro atoms. The number of hydrogen-bond donors (Lipinski definition) is 0. The van der Waals surface area contributed by atoms with Crippen LogP contribution in [0, 0.1) is 0 Å². The van der Waals surface area contributed by atoms with E-state index in [4.69, 9.17) is 0 Å². The summed E-state index contributed by atoms with van der Waals surface area (Å²) in [7, 11) is 0. The second-order valence-electron chi connectivity index (χ2n) is 11.6. The standard InChI is InChI=1S/C25H22N2O4.C13H7N3O4/c1-3-18-14-16(5-7-20(18)26-22(28)9-10-23(26)29)13-17-6-8-21(19(4-2)15-17)27-24(30)11-12-25(27)31;17-10-1-2-11(18)15(10)8-5-6-14-7-9(8)16-12(19)3-4-13(16)20/h5-12,14-15H,3-4,13H2,1-2H3;1-7H. The number of aromatic nitrogens is 1. The number of anilines is 4. The molecule has 13 heteroatoms. The lowest BCUT2D eigenvalue weighted by Crippen LogP contribution is -2.35. The zero-order valence-corrected chi connectivity index (χ0v) is 27.4. The molecule has 0 radical (unpaired) electrons. The van der Waals surface area contributed by atoms with Gasteiger partial charge in [-0.3, -0.25) is 43.3 Å². The number of benzene rings is 2. The molecule has 3 aromatic rings. The molecule has 0 saturated heterocycles. The minimum absolute atomic E-state index is 0.0953. The second-order valence-corrected chi connectivity index (χ2v) is 11.6. The van der Waals surface area contributed by atoms with Crippen LogP contribution in [0.4, 0.5) is 22.7 Å². The minimum Gasteiger partial charge on any atom is -0.269 e.